The molecular weight excluding hydrogens is 278 g/mol. The lowest BCUT2D eigenvalue weighted by Gasteiger charge is -2.28. The summed E-state index contributed by atoms with van der Waals surface area (Å²) in [5, 5.41) is 2.74. The fourth-order valence-electron chi connectivity index (χ4n) is 2.92. The Labute approximate surface area is 132 Å². The summed E-state index contributed by atoms with van der Waals surface area (Å²) in [7, 11) is 0. The molecule has 1 N–H and O–H groups in total. The van der Waals surface area contributed by atoms with Crippen LogP contribution in [0.15, 0.2) is 24.3 Å². The van der Waals surface area contributed by atoms with Crippen LogP contribution >= 0.6 is 0 Å². The van der Waals surface area contributed by atoms with Gasteiger partial charge >= 0.3 is 0 Å². The molecule has 120 valence electrons. The van der Waals surface area contributed by atoms with Crippen molar-refractivity contribution in [3.05, 3.63) is 29.8 Å². The third-order valence-corrected chi connectivity index (χ3v) is 4.10. The number of amides is 2. The normalized spacial score (nSPS) is 16.3. The lowest BCUT2D eigenvalue weighted by atomic mass is 10.1. The Morgan fingerprint density at radius 1 is 1.32 bits per heavy atom. The van der Waals surface area contributed by atoms with Crippen molar-refractivity contribution >= 4 is 17.5 Å². The Kier molecular flexibility index (Phi) is 5.41. The molecule has 0 saturated carbocycles. The van der Waals surface area contributed by atoms with E-state index >= 15 is 0 Å². The quantitative estimate of drug-likeness (QED) is 0.865. The molecule has 0 unspecified atom stereocenters. The predicted molar refractivity (Wildman–Crippen MR) is 87.9 cm³/mol. The number of para-hydroxylation sites is 1. The molecule has 0 saturated heterocycles. The number of carbonyl (C=O) groups is 2. The van der Waals surface area contributed by atoms with Gasteiger partial charge in [-0.05, 0) is 38.8 Å². The zero-order valence-corrected chi connectivity index (χ0v) is 13.6. The van der Waals surface area contributed by atoms with Gasteiger partial charge in [-0.3, -0.25) is 9.59 Å². The largest absolute Gasteiger partial charge is 0.359 e. The second-order valence-corrected chi connectivity index (χ2v) is 5.67. The van der Waals surface area contributed by atoms with Crippen LogP contribution in [-0.2, 0) is 16.0 Å². The highest BCUT2D eigenvalue weighted by atomic mass is 16.2. The van der Waals surface area contributed by atoms with Crippen LogP contribution in [0.25, 0.3) is 0 Å². The van der Waals surface area contributed by atoms with E-state index in [1.807, 2.05) is 26.0 Å². The molecule has 0 aliphatic carbocycles. The van der Waals surface area contributed by atoms with Crippen molar-refractivity contribution < 1.29 is 9.59 Å². The van der Waals surface area contributed by atoms with Crippen LogP contribution in [0.5, 0.6) is 0 Å². The molecule has 1 atom stereocenters. The van der Waals surface area contributed by atoms with E-state index in [0.717, 1.165) is 12.1 Å². The molecule has 1 heterocycles. The molecule has 1 aliphatic rings. The zero-order chi connectivity index (χ0) is 16.1. The lowest BCUT2D eigenvalue weighted by molar-refractivity contribution is -0.134. The van der Waals surface area contributed by atoms with E-state index in [1.165, 1.54) is 5.56 Å². The molecule has 0 radical (unpaired) electrons. The van der Waals surface area contributed by atoms with Gasteiger partial charge in [0.25, 0.3) is 0 Å². The summed E-state index contributed by atoms with van der Waals surface area (Å²) in [5.74, 6) is -0.107. The van der Waals surface area contributed by atoms with E-state index in [0.29, 0.717) is 25.7 Å². The Balaban J connectivity index is 2.03. The van der Waals surface area contributed by atoms with Crippen LogP contribution in [0.4, 0.5) is 5.69 Å². The summed E-state index contributed by atoms with van der Waals surface area (Å²) in [6.07, 6.45) is 0.964. The van der Waals surface area contributed by atoms with Crippen molar-refractivity contribution in [3.8, 4) is 0 Å². The molecule has 1 aromatic rings. The van der Waals surface area contributed by atoms with E-state index in [1.54, 1.807) is 4.90 Å². The molecule has 0 bridgehead atoms. The fraction of sp³-hybridized carbons (Fsp3) is 0.529. The Hall–Kier alpha value is -2.04. The number of carbonyl (C=O) groups excluding carboxylic acids is 2. The molecule has 2 rings (SSSR count). The highest BCUT2D eigenvalue weighted by Crippen LogP contribution is 2.31. The van der Waals surface area contributed by atoms with Gasteiger partial charge in [0.1, 0.15) is 0 Å². The SMILES string of the molecule is CCNC(=O)CN(CC)C(=O)CN1c2ccccc2C[C@@H]1C. The minimum absolute atomic E-state index is 0.00249. The number of nitrogens with zero attached hydrogens (tertiary/aromatic N) is 2. The minimum Gasteiger partial charge on any atom is -0.359 e. The maximum atomic E-state index is 12.5. The van der Waals surface area contributed by atoms with E-state index in [2.05, 4.69) is 29.3 Å². The van der Waals surface area contributed by atoms with Gasteiger partial charge in [0.05, 0.1) is 13.1 Å². The molecule has 0 aromatic heterocycles. The first-order valence-electron chi connectivity index (χ1n) is 7.95. The van der Waals surface area contributed by atoms with Crippen molar-refractivity contribution in [1.82, 2.24) is 10.2 Å². The molecule has 0 fully saturated rings. The monoisotopic (exact) mass is 303 g/mol. The summed E-state index contributed by atoms with van der Waals surface area (Å²) in [6, 6.07) is 8.52. The van der Waals surface area contributed by atoms with Crippen molar-refractivity contribution in [1.29, 1.82) is 0 Å². The van der Waals surface area contributed by atoms with Crippen molar-refractivity contribution in [2.45, 2.75) is 33.2 Å². The fourth-order valence-corrected chi connectivity index (χ4v) is 2.92. The van der Waals surface area contributed by atoms with Crippen molar-refractivity contribution in [2.24, 2.45) is 0 Å². The molecule has 5 heteroatoms. The van der Waals surface area contributed by atoms with Gasteiger partial charge < -0.3 is 15.1 Å². The number of benzene rings is 1. The van der Waals surface area contributed by atoms with Gasteiger partial charge in [0, 0.05) is 24.8 Å². The number of hydrogen-bond acceptors (Lipinski definition) is 3. The maximum Gasteiger partial charge on any atom is 0.242 e. The summed E-state index contributed by atoms with van der Waals surface area (Å²) in [6.45, 7) is 7.49. The van der Waals surface area contributed by atoms with Crippen LogP contribution in [-0.4, -0.2) is 48.9 Å². The van der Waals surface area contributed by atoms with E-state index in [-0.39, 0.29) is 18.4 Å². The third kappa shape index (κ3) is 3.59. The standard InChI is InChI=1S/C17H25N3O2/c1-4-18-16(21)11-19(5-2)17(22)12-20-13(3)10-14-8-6-7-9-15(14)20/h6-9,13H,4-5,10-12H2,1-3H3,(H,18,21)/t13-/m0/s1. The van der Waals surface area contributed by atoms with Crippen molar-refractivity contribution in [3.63, 3.8) is 0 Å². The van der Waals surface area contributed by atoms with E-state index < -0.39 is 0 Å². The highest BCUT2D eigenvalue weighted by Gasteiger charge is 2.28. The number of rotatable bonds is 6. The van der Waals surface area contributed by atoms with Crippen LogP contribution in [0.2, 0.25) is 0 Å². The van der Waals surface area contributed by atoms with Gasteiger partial charge in [-0.1, -0.05) is 18.2 Å². The van der Waals surface area contributed by atoms with Gasteiger partial charge in [0.2, 0.25) is 11.8 Å². The second-order valence-electron chi connectivity index (χ2n) is 5.67. The van der Waals surface area contributed by atoms with Gasteiger partial charge in [-0.2, -0.15) is 0 Å². The highest BCUT2D eigenvalue weighted by molar-refractivity contribution is 5.87. The van der Waals surface area contributed by atoms with E-state index in [9.17, 15) is 9.59 Å². The predicted octanol–water partition coefficient (Wildman–Crippen LogP) is 1.42. The molecule has 5 nitrogen and oxygen atoms in total. The Bertz CT molecular complexity index is 544. The molecular formula is C17H25N3O2. The van der Waals surface area contributed by atoms with E-state index in [4.69, 9.17) is 0 Å². The molecule has 22 heavy (non-hydrogen) atoms. The van der Waals surface area contributed by atoms with Crippen LogP contribution < -0.4 is 10.2 Å². The zero-order valence-electron chi connectivity index (χ0n) is 13.6. The average Bonchev–Trinajstić information content (AvgIpc) is 2.81. The summed E-state index contributed by atoms with van der Waals surface area (Å²) in [5.41, 5.74) is 2.42. The number of likely N-dealkylation sites (N-methyl/N-ethyl adjacent to an activating group) is 2. The van der Waals surface area contributed by atoms with Crippen LogP contribution in [0.1, 0.15) is 26.3 Å². The average molecular weight is 303 g/mol. The first kappa shape index (κ1) is 16.3. The molecule has 2 amide bonds. The molecule has 1 aliphatic heterocycles. The minimum atomic E-state index is -0.104. The molecule has 1 aromatic carbocycles. The number of anilines is 1. The lowest BCUT2D eigenvalue weighted by Crippen LogP contribution is -2.46. The van der Waals surface area contributed by atoms with Crippen LogP contribution in [0, 0.1) is 0 Å². The topological polar surface area (TPSA) is 52.7 Å². The van der Waals surface area contributed by atoms with Crippen molar-refractivity contribution in [2.75, 3.05) is 31.1 Å². The first-order valence-corrected chi connectivity index (χ1v) is 7.95. The maximum absolute atomic E-state index is 12.5. The first-order chi connectivity index (χ1) is 10.6. The summed E-state index contributed by atoms with van der Waals surface area (Å²) < 4.78 is 0. The third-order valence-electron chi connectivity index (χ3n) is 4.10. The number of fused-ring (bicyclic) bond motifs is 1. The smallest absolute Gasteiger partial charge is 0.242 e. The van der Waals surface area contributed by atoms with Gasteiger partial charge in [0.15, 0.2) is 0 Å². The van der Waals surface area contributed by atoms with Crippen LogP contribution in [0.3, 0.4) is 0 Å². The number of hydrogen-bond donors (Lipinski definition) is 1. The second kappa shape index (κ2) is 7.29. The Morgan fingerprint density at radius 2 is 2.05 bits per heavy atom. The number of nitrogens with one attached hydrogen (secondary N) is 1. The summed E-state index contributed by atoms with van der Waals surface area (Å²) in [4.78, 5) is 28.0. The molecule has 0 spiro atoms. The van der Waals surface area contributed by atoms with Gasteiger partial charge in [-0.15, -0.1) is 0 Å². The Morgan fingerprint density at radius 3 is 2.73 bits per heavy atom. The summed E-state index contributed by atoms with van der Waals surface area (Å²) >= 11 is 0. The van der Waals surface area contributed by atoms with Gasteiger partial charge in [-0.25, -0.2) is 0 Å².